The van der Waals surface area contributed by atoms with Crippen LogP contribution in [0, 0.1) is 11.6 Å². The Labute approximate surface area is 175 Å². The summed E-state index contributed by atoms with van der Waals surface area (Å²) in [7, 11) is 0. The molecule has 1 aromatic heterocycles. The van der Waals surface area contributed by atoms with Gasteiger partial charge in [0, 0.05) is 23.8 Å². The molecule has 1 fully saturated rings. The van der Waals surface area contributed by atoms with Crippen LogP contribution in [0.25, 0.3) is 0 Å². The fourth-order valence-electron chi connectivity index (χ4n) is 2.83. The standard InChI is InChI=1S/C20H18F2N4OS2/c21-14-5-3-6-15(10-14)23-19-24-25-20(29-19)28-12-18(27)26(16-8-9-16)11-13-4-1-2-7-17(13)22/h1-7,10,16H,8-9,11-12H2,(H,23,24). The molecule has 0 atom stereocenters. The fourth-order valence-corrected chi connectivity index (χ4v) is 4.49. The minimum absolute atomic E-state index is 0.0457. The number of benzene rings is 2. The second kappa shape index (κ2) is 8.87. The second-order valence-corrected chi connectivity index (χ2v) is 8.84. The summed E-state index contributed by atoms with van der Waals surface area (Å²) in [5.41, 5.74) is 1.11. The molecule has 1 heterocycles. The summed E-state index contributed by atoms with van der Waals surface area (Å²) < 4.78 is 27.9. The third kappa shape index (κ3) is 5.30. The summed E-state index contributed by atoms with van der Waals surface area (Å²) in [5, 5.41) is 11.6. The van der Waals surface area contributed by atoms with E-state index in [1.165, 1.54) is 41.3 Å². The lowest BCUT2D eigenvalue weighted by atomic mass is 10.2. The maximum atomic E-state index is 14.0. The van der Waals surface area contributed by atoms with Crippen LogP contribution in [0.4, 0.5) is 19.6 Å². The van der Waals surface area contributed by atoms with Crippen molar-refractivity contribution in [1.82, 2.24) is 15.1 Å². The van der Waals surface area contributed by atoms with Gasteiger partial charge in [0.15, 0.2) is 4.34 Å². The van der Waals surface area contributed by atoms with E-state index in [0.717, 1.165) is 12.8 Å². The molecule has 1 amide bonds. The van der Waals surface area contributed by atoms with Gasteiger partial charge in [-0.1, -0.05) is 47.4 Å². The van der Waals surface area contributed by atoms with Crippen molar-refractivity contribution in [3.8, 4) is 0 Å². The van der Waals surface area contributed by atoms with Crippen LogP contribution in [-0.2, 0) is 11.3 Å². The van der Waals surface area contributed by atoms with Crippen molar-refractivity contribution in [1.29, 1.82) is 0 Å². The number of carbonyl (C=O) groups excluding carboxylic acids is 1. The number of anilines is 2. The maximum Gasteiger partial charge on any atom is 0.233 e. The van der Waals surface area contributed by atoms with Crippen molar-refractivity contribution in [2.24, 2.45) is 0 Å². The zero-order valence-electron chi connectivity index (χ0n) is 15.3. The summed E-state index contributed by atoms with van der Waals surface area (Å²) >= 11 is 2.59. The Kier molecular flexibility index (Phi) is 6.05. The number of thioether (sulfide) groups is 1. The number of aromatic nitrogens is 2. The second-order valence-electron chi connectivity index (χ2n) is 6.64. The number of halogens is 2. The van der Waals surface area contributed by atoms with Crippen molar-refractivity contribution in [2.75, 3.05) is 11.1 Å². The SMILES string of the molecule is O=C(CSc1nnc(Nc2cccc(F)c2)s1)N(Cc1ccccc1F)C1CC1. The lowest BCUT2D eigenvalue weighted by Crippen LogP contribution is -2.34. The molecule has 0 aliphatic heterocycles. The summed E-state index contributed by atoms with van der Waals surface area (Å²) in [6.07, 6.45) is 1.90. The average Bonchev–Trinajstić information content (AvgIpc) is 3.45. The van der Waals surface area contributed by atoms with Crippen LogP contribution in [0.5, 0.6) is 0 Å². The molecule has 9 heteroatoms. The van der Waals surface area contributed by atoms with E-state index in [0.29, 0.717) is 20.7 Å². The van der Waals surface area contributed by atoms with Crippen molar-refractivity contribution in [3.63, 3.8) is 0 Å². The molecule has 150 valence electrons. The van der Waals surface area contributed by atoms with Crippen LogP contribution < -0.4 is 5.32 Å². The highest BCUT2D eigenvalue weighted by Crippen LogP contribution is 2.32. The number of rotatable bonds is 8. The lowest BCUT2D eigenvalue weighted by molar-refractivity contribution is -0.129. The molecule has 3 aromatic rings. The molecule has 0 saturated heterocycles. The van der Waals surface area contributed by atoms with Gasteiger partial charge in [-0.3, -0.25) is 4.79 Å². The van der Waals surface area contributed by atoms with Crippen LogP contribution in [0.3, 0.4) is 0 Å². The lowest BCUT2D eigenvalue weighted by Gasteiger charge is -2.22. The monoisotopic (exact) mass is 432 g/mol. The van der Waals surface area contributed by atoms with Crippen LogP contribution in [0.1, 0.15) is 18.4 Å². The summed E-state index contributed by atoms with van der Waals surface area (Å²) in [6.45, 7) is 0.277. The van der Waals surface area contributed by atoms with Crippen molar-refractivity contribution in [3.05, 3.63) is 65.7 Å². The summed E-state index contributed by atoms with van der Waals surface area (Å²) in [4.78, 5) is 14.5. The number of amides is 1. The molecule has 2 aromatic carbocycles. The zero-order chi connectivity index (χ0) is 20.2. The fraction of sp³-hybridized carbons (Fsp3) is 0.250. The predicted molar refractivity (Wildman–Crippen MR) is 110 cm³/mol. The highest BCUT2D eigenvalue weighted by Gasteiger charge is 2.33. The average molecular weight is 433 g/mol. The Morgan fingerprint density at radius 3 is 2.76 bits per heavy atom. The van der Waals surface area contributed by atoms with Gasteiger partial charge in [0.25, 0.3) is 0 Å². The van der Waals surface area contributed by atoms with Gasteiger partial charge in [-0.2, -0.15) is 0 Å². The first-order valence-electron chi connectivity index (χ1n) is 9.10. The Bertz CT molecular complexity index is 1010. The molecular weight excluding hydrogens is 414 g/mol. The van der Waals surface area contributed by atoms with Gasteiger partial charge < -0.3 is 10.2 Å². The molecule has 29 heavy (non-hydrogen) atoms. The number of carbonyl (C=O) groups is 1. The molecule has 0 bridgehead atoms. The molecule has 5 nitrogen and oxygen atoms in total. The highest BCUT2D eigenvalue weighted by molar-refractivity contribution is 8.01. The topological polar surface area (TPSA) is 58.1 Å². The number of nitrogens with zero attached hydrogens (tertiary/aromatic N) is 3. The predicted octanol–water partition coefficient (Wildman–Crippen LogP) is 4.84. The van der Waals surface area contributed by atoms with E-state index in [1.807, 2.05) is 0 Å². The van der Waals surface area contributed by atoms with Gasteiger partial charge >= 0.3 is 0 Å². The van der Waals surface area contributed by atoms with Gasteiger partial charge in [-0.15, -0.1) is 10.2 Å². The van der Waals surface area contributed by atoms with Gasteiger partial charge in [0.1, 0.15) is 11.6 Å². The third-order valence-corrected chi connectivity index (χ3v) is 6.36. The molecule has 0 radical (unpaired) electrons. The molecule has 1 N–H and O–H groups in total. The molecular formula is C20H18F2N4OS2. The van der Waals surface area contributed by atoms with E-state index in [2.05, 4.69) is 15.5 Å². The quantitative estimate of drug-likeness (QED) is 0.516. The molecule has 1 aliphatic rings. The van der Waals surface area contributed by atoms with Crippen molar-refractivity contribution < 1.29 is 13.6 Å². The highest BCUT2D eigenvalue weighted by atomic mass is 32.2. The smallest absolute Gasteiger partial charge is 0.233 e. The normalized spacial score (nSPS) is 13.3. The van der Waals surface area contributed by atoms with Crippen LogP contribution in [-0.4, -0.2) is 32.8 Å². The Hall–Kier alpha value is -2.52. The Balaban J connectivity index is 1.35. The first kappa shape index (κ1) is 19.8. The van der Waals surface area contributed by atoms with Crippen molar-refractivity contribution in [2.45, 2.75) is 29.8 Å². The summed E-state index contributed by atoms with van der Waals surface area (Å²) in [6, 6.07) is 12.8. The van der Waals surface area contributed by atoms with Gasteiger partial charge in [0.2, 0.25) is 11.0 Å². The molecule has 0 unspecified atom stereocenters. The van der Waals surface area contributed by atoms with E-state index in [-0.39, 0.29) is 35.9 Å². The van der Waals surface area contributed by atoms with Crippen LogP contribution in [0.15, 0.2) is 52.9 Å². The molecule has 1 saturated carbocycles. The number of hydrogen-bond acceptors (Lipinski definition) is 6. The van der Waals surface area contributed by atoms with Gasteiger partial charge in [-0.25, -0.2) is 8.78 Å². The van der Waals surface area contributed by atoms with Crippen LogP contribution >= 0.6 is 23.1 Å². The number of hydrogen-bond donors (Lipinski definition) is 1. The minimum Gasteiger partial charge on any atom is -0.335 e. The Morgan fingerprint density at radius 2 is 2.00 bits per heavy atom. The maximum absolute atomic E-state index is 14.0. The van der Waals surface area contributed by atoms with Gasteiger partial charge in [0.05, 0.1) is 5.75 Å². The molecule has 4 rings (SSSR count). The molecule has 0 spiro atoms. The molecule has 1 aliphatic carbocycles. The zero-order valence-corrected chi connectivity index (χ0v) is 17.0. The Morgan fingerprint density at radius 1 is 1.17 bits per heavy atom. The minimum atomic E-state index is -0.338. The first-order chi connectivity index (χ1) is 14.1. The van der Waals surface area contributed by atoms with E-state index in [1.54, 1.807) is 35.2 Å². The van der Waals surface area contributed by atoms with Gasteiger partial charge in [-0.05, 0) is 37.1 Å². The van der Waals surface area contributed by atoms with E-state index < -0.39 is 0 Å². The number of nitrogens with one attached hydrogen (secondary N) is 1. The first-order valence-corrected chi connectivity index (χ1v) is 10.9. The summed E-state index contributed by atoms with van der Waals surface area (Å²) in [5.74, 6) is -0.472. The van der Waals surface area contributed by atoms with E-state index in [4.69, 9.17) is 0 Å². The largest absolute Gasteiger partial charge is 0.335 e. The van der Waals surface area contributed by atoms with Crippen LogP contribution in [0.2, 0.25) is 0 Å². The van der Waals surface area contributed by atoms with Crippen molar-refractivity contribution >= 4 is 39.8 Å². The third-order valence-electron chi connectivity index (χ3n) is 4.41. The van der Waals surface area contributed by atoms with E-state index >= 15 is 0 Å². The van der Waals surface area contributed by atoms with E-state index in [9.17, 15) is 13.6 Å².